The van der Waals surface area contributed by atoms with Gasteiger partial charge in [0.1, 0.15) is 0 Å². The molecule has 0 saturated carbocycles. The molecule has 88 valence electrons. The average Bonchev–Trinajstić information content (AvgIpc) is 2.18. The maximum atomic E-state index is 12.1. The molecule has 1 aliphatic rings. The summed E-state index contributed by atoms with van der Waals surface area (Å²) < 4.78 is 5.37. The molecule has 0 radical (unpaired) electrons. The normalized spacial score (nSPS) is 26.7. The van der Waals surface area contributed by atoms with E-state index in [1.807, 2.05) is 13.8 Å². The second kappa shape index (κ2) is 5.50. The van der Waals surface area contributed by atoms with Gasteiger partial charge < -0.3 is 10.1 Å². The molecule has 1 heterocycles. The van der Waals surface area contributed by atoms with E-state index in [1.54, 1.807) is 0 Å². The van der Waals surface area contributed by atoms with Gasteiger partial charge in [0.15, 0.2) is 0 Å². The summed E-state index contributed by atoms with van der Waals surface area (Å²) in [5, 5.41) is 3.31. The molecule has 1 saturated heterocycles. The SMILES string of the molecule is CCCC1(C(=O)OC(C)C)CCCNC1. The summed E-state index contributed by atoms with van der Waals surface area (Å²) >= 11 is 0. The fraction of sp³-hybridized carbons (Fsp3) is 0.917. The molecule has 0 amide bonds. The Morgan fingerprint density at radius 1 is 1.53 bits per heavy atom. The van der Waals surface area contributed by atoms with Crippen LogP contribution >= 0.6 is 0 Å². The van der Waals surface area contributed by atoms with Crippen molar-refractivity contribution in [2.24, 2.45) is 5.41 Å². The minimum atomic E-state index is -0.253. The Kier molecular flexibility index (Phi) is 4.58. The quantitative estimate of drug-likeness (QED) is 0.727. The van der Waals surface area contributed by atoms with Crippen LogP contribution in [0.3, 0.4) is 0 Å². The summed E-state index contributed by atoms with van der Waals surface area (Å²) in [6.45, 7) is 7.76. The average molecular weight is 213 g/mol. The molecule has 15 heavy (non-hydrogen) atoms. The Morgan fingerprint density at radius 3 is 2.73 bits per heavy atom. The first-order valence-corrected chi connectivity index (χ1v) is 6.02. The molecule has 3 heteroatoms. The molecular weight excluding hydrogens is 190 g/mol. The maximum Gasteiger partial charge on any atom is 0.313 e. The van der Waals surface area contributed by atoms with Crippen molar-refractivity contribution in [1.29, 1.82) is 0 Å². The van der Waals surface area contributed by atoms with Crippen molar-refractivity contribution in [2.75, 3.05) is 13.1 Å². The summed E-state index contributed by atoms with van der Waals surface area (Å²) in [5.74, 6) is -0.00782. The fourth-order valence-corrected chi connectivity index (χ4v) is 2.28. The van der Waals surface area contributed by atoms with Crippen molar-refractivity contribution in [1.82, 2.24) is 5.32 Å². The standard InChI is InChI=1S/C12H23NO2/c1-4-6-12(7-5-8-13-9-12)11(14)15-10(2)3/h10,13H,4-9H2,1-3H3. The lowest BCUT2D eigenvalue weighted by molar-refractivity contribution is -0.161. The Hall–Kier alpha value is -0.570. The minimum absolute atomic E-state index is 0.00634. The summed E-state index contributed by atoms with van der Waals surface area (Å²) in [6, 6.07) is 0. The molecule has 1 rings (SSSR count). The first kappa shape index (κ1) is 12.5. The van der Waals surface area contributed by atoms with Gasteiger partial charge in [0, 0.05) is 6.54 Å². The van der Waals surface area contributed by atoms with Gasteiger partial charge in [0.25, 0.3) is 0 Å². The van der Waals surface area contributed by atoms with Crippen LogP contribution in [0.5, 0.6) is 0 Å². The first-order valence-electron chi connectivity index (χ1n) is 6.02. The molecule has 1 atom stereocenters. The molecule has 3 nitrogen and oxygen atoms in total. The molecule has 0 aromatic carbocycles. The number of esters is 1. The van der Waals surface area contributed by atoms with E-state index in [0.717, 1.165) is 38.8 Å². The van der Waals surface area contributed by atoms with Gasteiger partial charge in [-0.2, -0.15) is 0 Å². The molecule has 1 N–H and O–H groups in total. The van der Waals surface area contributed by atoms with Crippen LogP contribution in [0.15, 0.2) is 0 Å². The number of nitrogens with one attached hydrogen (secondary N) is 1. The van der Waals surface area contributed by atoms with Crippen molar-refractivity contribution >= 4 is 5.97 Å². The van der Waals surface area contributed by atoms with E-state index in [2.05, 4.69) is 12.2 Å². The highest BCUT2D eigenvalue weighted by molar-refractivity contribution is 5.77. The number of ether oxygens (including phenoxy) is 1. The molecule has 1 unspecified atom stereocenters. The van der Waals surface area contributed by atoms with Gasteiger partial charge in [0.05, 0.1) is 11.5 Å². The van der Waals surface area contributed by atoms with Crippen molar-refractivity contribution in [2.45, 2.75) is 52.6 Å². The lowest BCUT2D eigenvalue weighted by Gasteiger charge is -2.35. The second-order valence-electron chi connectivity index (χ2n) is 4.76. The fourth-order valence-electron chi connectivity index (χ4n) is 2.28. The van der Waals surface area contributed by atoms with E-state index in [0.29, 0.717) is 0 Å². The Morgan fingerprint density at radius 2 is 2.27 bits per heavy atom. The van der Waals surface area contributed by atoms with E-state index in [9.17, 15) is 4.79 Å². The van der Waals surface area contributed by atoms with E-state index in [4.69, 9.17) is 4.74 Å². The lowest BCUT2D eigenvalue weighted by Crippen LogP contribution is -2.46. The molecule has 1 fully saturated rings. The predicted octanol–water partition coefficient (Wildman–Crippen LogP) is 2.11. The van der Waals surface area contributed by atoms with Gasteiger partial charge in [0.2, 0.25) is 0 Å². The van der Waals surface area contributed by atoms with Gasteiger partial charge >= 0.3 is 5.97 Å². The zero-order valence-corrected chi connectivity index (χ0v) is 10.1. The van der Waals surface area contributed by atoms with Gasteiger partial charge in [-0.1, -0.05) is 13.3 Å². The Bertz CT molecular complexity index is 202. The van der Waals surface area contributed by atoms with Crippen LogP contribution in [0.4, 0.5) is 0 Å². The smallest absolute Gasteiger partial charge is 0.313 e. The van der Waals surface area contributed by atoms with Crippen LogP contribution in [-0.4, -0.2) is 25.2 Å². The summed E-state index contributed by atoms with van der Waals surface area (Å²) in [4.78, 5) is 12.1. The molecule has 0 aliphatic carbocycles. The summed E-state index contributed by atoms with van der Waals surface area (Å²) in [6.07, 6.45) is 4.01. The largest absolute Gasteiger partial charge is 0.463 e. The number of piperidine rings is 1. The third kappa shape index (κ3) is 3.20. The van der Waals surface area contributed by atoms with Crippen LogP contribution in [0.2, 0.25) is 0 Å². The van der Waals surface area contributed by atoms with Crippen LogP contribution in [-0.2, 0) is 9.53 Å². The minimum Gasteiger partial charge on any atom is -0.463 e. The highest BCUT2D eigenvalue weighted by Gasteiger charge is 2.40. The Balaban J connectivity index is 2.66. The molecule has 0 aromatic heterocycles. The molecule has 0 bridgehead atoms. The van der Waals surface area contributed by atoms with Crippen molar-refractivity contribution in [3.8, 4) is 0 Å². The number of carbonyl (C=O) groups is 1. The first-order chi connectivity index (χ1) is 7.10. The monoisotopic (exact) mass is 213 g/mol. The lowest BCUT2D eigenvalue weighted by atomic mass is 9.77. The third-order valence-electron chi connectivity index (χ3n) is 2.98. The van der Waals surface area contributed by atoms with Crippen LogP contribution in [0.25, 0.3) is 0 Å². The third-order valence-corrected chi connectivity index (χ3v) is 2.98. The topological polar surface area (TPSA) is 38.3 Å². The maximum absolute atomic E-state index is 12.1. The number of carbonyl (C=O) groups excluding carboxylic acids is 1. The van der Waals surface area contributed by atoms with Gasteiger partial charge in [-0.05, 0) is 39.7 Å². The molecule has 0 spiro atoms. The molecular formula is C12H23NO2. The van der Waals surface area contributed by atoms with Crippen molar-refractivity contribution < 1.29 is 9.53 Å². The predicted molar refractivity (Wildman–Crippen MR) is 60.7 cm³/mol. The van der Waals surface area contributed by atoms with E-state index in [1.165, 1.54) is 0 Å². The Labute approximate surface area is 92.6 Å². The van der Waals surface area contributed by atoms with E-state index < -0.39 is 0 Å². The number of hydrogen-bond acceptors (Lipinski definition) is 3. The summed E-state index contributed by atoms with van der Waals surface area (Å²) in [5.41, 5.74) is -0.253. The zero-order valence-electron chi connectivity index (χ0n) is 10.1. The summed E-state index contributed by atoms with van der Waals surface area (Å²) in [7, 11) is 0. The number of rotatable bonds is 4. The van der Waals surface area contributed by atoms with Crippen LogP contribution in [0.1, 0.15) is 46.5 Å². The van der Waals surface area contributed by atoms with E-state index in [-0.39, 0.29) is 17.5 Å². The number of hydrogen-bond donors (Lipinski definition) is 1. The zero-order chi connectivity index (χ0) is 11.3. The highest BCUT2D eigenvalue weighted by Crippen LogP contribution is 2.33. The van der Waals surface area contributed by atoms with Gasteiger partial charge in [-0.15, -0.1) is 0 Å². The molecule has 1 aliphatic heterocycles. The van der Waals surface area contributed by atoms with Gasteiger partial charge in [-0.3, -0.25) is 4.79 Å². The van der Waals surface area contributed by atoms with Crippen molar-refractivity contribution in [3.63, 3.8) is 0 Å². The van der Waals surface area contributed by atoms with Crippen LogP contribution in [0, 0.1) is 5.41 Å². The molecule has 0 aromatic rings. The second-order valence-corrected chi connectivity index (χ2v) is 4.76. The van der Waals surface area contributed by atoms with Crippen molar-refractivity contribution in [3.05, 3.63) is 0 Å². The van der Waals surface area contributed by atoms with Gasteiger partial charge in [-0.25, -0.2) is 0 Å². The highest BCUT2D eigenvalue weighted by atomic mass is 16.5. The van der Waals surface area contributed by atoms with Crippen LogP contribution < -0.4 is 5.32 Å². The van der Waals surface area contributed by atoms with E-state index >= 15 is 0 Å².